The average molecular weight is 323 g/mol. The van der Waals surface area contributed by atoms with Crippen molar-refractivity contribution in [2.24, 2.45) is 0 Å². The van der Waals surface area contributed by atoms with Gasteiger partial charge in [0.2, 0.25) is 0 Å². The van der Waals surface area contributed by atoms with E-state index in [2.05, 4.69) is 10.2 Å². The minimum atomic E-state index is -0.281. The maximum absolute atomic E-state index is 13.0. The number of nitrogens with one attached hydrogen (secondary N) is 1. The van der Waals surface area contributed by atoms with Crippen LogP contribution in [0.25, 0.3) is 0 Å². The van der Waals surface area contributed by atoms with Gasteiger partial charge in [0.1, 0.15) is 12.4 Å². The van der Waals surface area contributed by atoms with Gasteiger partial charge in [0, 0.05) is 38.4 Å². The molecule has 0 aromatic heterocycles. The lowest BCUT2D eigenvalue weighted by Crippen LogP contribution is -2.50. The molecule has 1 unspecified atom stereocenters. The van der Waals surface area contributed by atoms with E-state index in [1.807, 2.05) is 0 Å². The summed E-state index contributed by atoms with van der Waals surface area (Å²) in [5, 5.41) is 3.25. The number of rotatable bonds is 3. The normalized spacial score (nSPS) is 22.0. The Morgan fingerprint density at radius 2 is 2.00 bits per heavy atom. The van der Waals surface area contributed by atoms with Gasteiger partial charge in [0.05, 0.1) is 19.3 Å². The third-order valence-electron chi connectivity index (χ3n) is 4.14. The molecule has 1 aromatic rings. The summed E-state index contributed by atoms with van der Waals surface area (Å²) >= 11 is 0. The minimum absolute atomic E-state index is 0.0770. The van der Waals surface area contributed by atoms with Crippen molar-refractivity contribution in [1.29, 1.82) is 0 Å². The van der Waals surface area contributed by atoms with Gasteiger partial charge in [0.15, 0.2) is 0 Å². The number of carbonyl (C=O) groups excluding carboxylic acids is 1. The fraction of sp³-hybridized carbons (Fsp3) is 0.562. The van der Waals surface area contributed by atoms with Crippen molar-refractivity contribution in [3.8, 4) is 0 Å². The largest absolute Gasteiger partial charge is 0.448 e. The first kappa shape index (κ1) is 16.0. The van der Waals surface area contributed by atoms with Gasteiger partial charge in [-0.25, -0.2) is 9.18 Å². The van der Waals surface area contributed by atoms with E-state index in [1.54, 1.807) is 17.0 Å². The fourth-order valence-corrected chi connectivity index (χ4v) is 2.79. The molecule has 7 heteroatoms. The molecule has 2 aliphatic heterocycles. The van der Waals surface area contributed by atoms with Gasteiger partial charge in [-0.2, -0.15) is 0 Å². The monoisotopic (exact) mass is 323 g/mol. The van der Waals surface area contributed by atoms with E-state index in [4.69, 9.17) is 9.47 Å². The van der Waals surface area contributed by atoms with Gasteiger partial charge in [0.25, 0.3) is 0 Å². The quantitative estimate of drug-likeness (QED) is 0.902. The Balaban J connectivity index is 1.42. The number of carbonyl (C=O) groups is 1. The number of anilines is 1. The molecule has 2 saturated heterocycles. The van der Waals surface area contributed by atoms with Gasteiger partial charge >= 0.3 is 6.09 Å². The van der Waals surface area contributed by atoms with Gasteiger partial charge in [-0.15, -0.1) is 0 Å². The molecule has 6 nitrogen and oxygen atoms in total. The average Bonchev–Trinajstić information content (AvgIpc) is 2.61. The molecular formula is C16H22FN3O3. The van der Waals surface area contributed by atoms with Crippen molar-refractivity contribution in [3.63, 3.8) is 0 Å². The maximum Gasteiger partial charge on any atom is 0.409 e. The molecule has 2 fully saturated rings. The van der Waals surface area contributed by atoms with Crippen molar-refractivity contribution in [3.05, 3.63) is 30.1 Å². The topological polar surface area (TPSA) is 54.0 Å². The van der Waals surface area contributed by atoms with Crippen LogP contribution in [0.3, 0.4) is 0 Å². The van der Waals surface area contributed by atoms with Crippen molar-refractivity contribution >= 4 is 11.8 Å². The smallest absolute Gasteiger partial charge is 0.409 e. The molecule has 1 amide bonds. The number of halogens is 1. The molecule has 2 aliphatic rings. The molecule has 0 saturated carbocycles. The summed E-state index contributed by atoms with van der Waals surface area (Å²) < 4.78 is 23.6. The zero-order valence-electron chi connectivity index (χ0n) is 13.0. The lowest BCUT2D eigenvalue weighted by atomic mass is 10.2. The number of amides is 1. The summed E-state index contributed by atoms with van der Waals surface area (Å²) in [6.45, 7) is 5.03. The minimum Gasteiger partial charge on any atom is -0.448 e. The highest BCUT2D eigenvalue weighted by molar-refractivity contribution is 5.68. The molecule has 0 radical (unpaired) electrons. The Hall–Kier alpha value is -1.86. The Labute approximate surface area is 135 Å². The van der Waals surface area contributed by atoms with Crippen LogP contribution in [0.5, 0.6) is 0 Å². The van der Waals surface area contributed by atoms with E-state index in [0.717, 1.165) is 12.2 Å². The molecule has 1 atom stereocenters. The van der Waals surface area contributed by atoms with Crippen LogP contribution in [0.2, 0.25) is 0 Å². The van der Waals surface area contributed by atoms with Crippen LogP contribution in [-0.4, -0.2) is 69.6 Å². The third-order valence-corrected chi connectivity index (χ3v) is 4.14. The lowest BCUT2D eigenvalue weighted by molar-refractivity contribution is 0.0368. The zero-order chi connectivity index (χ0) is 16.1. The second-order valence-corrected chi connectivity index (χ2v) is 5.75. The van der Waals surface area contributed by atoms with Gasteiger partial charge in [-0.1, -0.05) is 0 Å². The number of piperazine rings is 1. The summed E-state index contributed by atoms with van der Waals surface area (Å²) in [4.78, 5) is 15.9. The molecule has 0 aliphatic carbocycles. The van der Waals surface area contributed by atoms with Crippen LogP contribution in [0.4, 0.5) is 14.9 Å². The zero-order valence-corrected chi connectivity index (χ0v) is 13.0. The van der Waals surface area contributed by atoms with E-state index in [1.165, 1.54) is 12.1 Å². The van der Waals surface area contributed by atoms with Crippen molar-refractivity contribution in [1.82, 2.24) is 10.2 Å². The molecule has 3 rings (SSSR count). The van der Waals surface area contributed by atoms with Gasteiger partial charge in [-0.3, -0.25) is 0 Å². The molecule has 1 N–H and O–H groups in total. The summed E-state index contributed by atoms with van der Waals surface area (Å²) in [6.07, 6.45) is -0.281. The van der Waals surface area contributed by atoms with Crippen molar-refractivity contribution < 1.29 is 18.7 Å². The summed E-state index contributed by atoms with van der Waals surface area (Å²) in [5.41, 5.74) is 0.975. The molecule has 2 heterocycles. The second-order valence-electron chi connectivity index (χ2n) is 5.75. The van der Waals surface area contributed by atoms with E-state index in [9.17, 15) is 9.18 Å². The first-order valence-corrected chi connectivity index (χ1v) is 7.96. The SMILES string of the molecule is O=C(OCC1COCCN1)N1CCN(c2ccc(F)cc2)CC1. The highest BCUT2D eigenvalue weighted by Gasteiger charge is 2.23. The van der Waals surface area contributed by atoms with Gasteiger partial charge < -0.3 is 24.6 Å². The molecule has 1 aromatic carbocycles. The molecule has 126 valence electrons. The number of morpholine rings is 1. The van der Waals surface area contributed by atoms with Crippen molar-refractivity contribution in [2.75, 3.05) is 57.4 Å². The van der Waals surface area contributed by atoms with Crippen LogP contribution in [0.15, 0.2) is 24.3 Å². The molecule has 0 bridgehead atoms. The summed E-state index contributed by atoms with van der Waals surface area (Å²) in [6, 6.07) is 6.51. The Morgan fingerprint density at radius 1 is 1.26 bits per heavy atom. The van der Waals surface area contributed by atoms with Crippen molar-refractivity contribution in [2.45, 2.75) is 6.04 Å². The highest BCUT2D eigenvalue weighted by Crippen LogP contribution is 2.17. The lowest BCUT2D eigenvalue weighted by Gasteiger charge is -2.35. The van der Waals surface area contributed by atoms with Crippen LogP contribution >= 0.6 is 0 Å². The maximum atomic E-state index is 13.0. The van der Waals surface area contributed by atoms with Crippen LogP contribution in [-0.2, 0) is 9.47 Å². The standard InChI is InChI=1S/C16H22FN3O3/c17-13-1-3-15(4-2-13)19-6-8-20(9-7-19)16(21)23-12-14-11-22-10-5-18-14/h1-4,14,18H,5-12H2. The number of benzene rings is 1. The number of nitrogens with zero attached hydrogens (tertiary/aromatic N) is 2. The van der Waals surface area contributed by atoms with Gasteiger partial charge in [-0.05, 0) is 24.3 Å². The Kier molecular flexibility index (Phi) is 5.30. The van der Waals surface area contributed by atoms with Crippen LogP contribution in [0, 0.1) is 5.82 Å². The highest BCUT2D eigenvalue weighted by atomic mass is 19.1. The summed E-state index contributed by atoms with van der Waals surface area (Å²) in [5.74, 6) is -0.240. The van der Waals surface area contributed by atoms with E-state index in [-0.39, 0.29) is 18.0 Å². The Morgan fingerprint density at radius 3 is 2.65 bits per heavy atom. The number of hydrogen-bond donors (Lipinski definition) is 1. The van der Waals surface area contributed by atoms with Crippen LogP contribution < -0.4 is 10.2 Å². The number of ether oxygens (including phenoxy) is 2. The fourth-order valence-electron chi connectivity index (χ4n) is 2.79. The van der Waals surface area contributed by atoms with E-state index >= 15 is 0 Å². The van der Waals surface area contributed by atoms with E-state index in [0.29, 0.717) is 46.0 Å². The first-order valence-electron chi connectivity index (χ1n) is 7.96. The predicted octanol–water partition coefficient (Wildman–Crippen LogP) is 1.07. The molecule has 0 spiro atoms. The second kappa shape index (κ2) is 7.61. The number of hydrogen-bond acceptors (Lipinski definition) is 5. The predicted molar refractivity (Wildman–Crippen MR) is 84.1 cm³/mol. The molecular weight excluding hydrogens is 301 g/mol. The van der Waals surface area contributed by atoms with E-state index < -0.39 is 0 Å². The summed E-state index contributed by atoms with van der Waals surface area (Å²) in [7, 11) is 0. The van der Waals surface area contributed by atoms with Crippen LogP contribution in [0.1, 0.15) is 0 Å². The Bertz CT molecular complexity index is 512. The molecule has 23 heavy (non-hydrogen) atoms. The third kappa shape index (κ3) is 4.33. The first-order chi connectivity index (χ1) is 11.2.